The highest BCUT2D eigenvalue weighted by Gasteiger charge is 2.17. The molecule has 4 nitrogen and oxygen atoms in total. The molecule has 0 aliphatic carbocycles. The van der Waals surface area contributed by atoms with Gasteiger partial charge in [0, 0.05) is 50.5 Å². The van der Waals surface area contributed by atoms with Gasteiger partial charge in [0.15, 0.2) is 0 Å². The van der Waals surface area contributed by atoms with E-state index < -0.39 is 0 Å². The van der Waals surface area contributed by atoms with Crippen LogP contribution < -0.4 is 0 Å². The number of hydrogen-bond acceptors (Lipinski definition) is 4. The van der Waals surface area contributed by atoms with Crippen molar-refractivity contribution in [2.75, 3.05) is 0 Å². The maximum Gasteiger partial charge on any atom is 0.0978 e. The maximum absolute atomic E-state index is 5.35. The Morgan fingerprint density at radius 2 is 0.929 bits per heavy atom. The second-order valence-corrected chi connectivity index (χ2v) is 14.2. The van der Waals surface area contributed by atoms with Gasteiger partial charge >= 0.3 is 0 Å². The molecule has 0 bridgehead atoms. The largest absolute Gasteiger partial charge is 0.254 e. The molecule has 0 saturated carbocycles. The molecule has 0 aliphatic heterocycles. The third-order valence-electron chi connectivity index (χ3n) is 10.9. The van der Waals surface area contributed by atoms with Gasteiger partial charge in [0.25, 0.3) is 0 Å². The van der Waals surface area contributed by atoms with Crippen LogP contribution in [0.25, 0.3) is 110 Å². The number of nitrogens with zero attached hydrogens (tertiary/aromatic N) is 4. The molecule has 7 aromatic carbocycles. The van der Waals surface area contributed by atoms with Crippen molar-refractivity contribution in [3.05, 3.63) is 194 Å². The molecule has 0 saturated heterocycles. The van der Waals surface area contributed by atoms with Crippen molar-refractivity contribution in [2.45, 2.75) is 0 Å². The minimum atomic E-state index is 0.887. The molecule has 56 heavy (non-hydrogen) atoms. The summed E-state index contributed by atoms with van der Waals surface area (Å²) < 4.78 is 0. The Hall–Kier alpha value is -7.56. The molecule has 4 heteroatoms. The van der Waals surface area contributed by atoms with E-state index in [2.05, 4.69) is 181 Å². The normalized spacial score (nSPS) is 11.6. The van der Waals surface area contributed by atoms with Gasteiger partial charge in [-0.2, -0.15) is 0 Å². The number of rotatable bonds is 5. The first-order chi connectivity index (χ1) is 27.7. The zero-order valence-corrected chi connectivity index (χ0v) is 30.3. The smallest absolute Gasteiger partial charge is 0.0978 e. The first-order valence-electron chi connectivity index (χ1n) is 18.9. The Kier molecular flexibility index (Phi) is 7.46. The van der Waals surface area contributed by atoms with E-state index in [-0.39, 0.29) is 0 Å². The lowest BCUT2D eigenvalue weighted by atomic mass is 9.90. The van der Waals surface area contributed by atoms with Crippen molar-refractivity contribution in [3.8, 4) is 55.8 Å². The van der Waals surface area contributed by atoms with Gasteiger partial charge in [-0.15, -0.1) is 0 Å². The summed E-state index contributed by atoms with van der Waals surface area (Å²) in [5.74, 6) is 0. The molecular formula is C52H32N4. The number of para-hydroxylation sites is 1. The molecule has 11 rings (SSSR count). The number of aromatic nitrogens is 4. The molecule has 0 aliphatic rings. The van der Waals surface area contributed by atoms with E-state index >= 15 is 0 Å². The van der Waals surface area contributed by atoms with E-state index in [1.54, 1.807) is 0 Å². The van der Waals surface area contributed by atoms with Gasteiger partial charge in [-0.25, -0.2) is 9.97 Å². The van der Waals surface area contributed by atoms with Crippen LogP contribution in [-0.2, 0) is 0 Å². The van der Waals surface area contributed by atoms with Crippen LogP contribution in [0.2, 0.25) is 0 Å². The second-order valence-electron chi connectivity index (χ2n) is 14.2. The Labute approximate surface area is 323 Å². The molecule has 0 amide bonds. The summed E-state index contributed by atoms with van der Waals surface area (Å²) in [5.41, 5.74) is 15.8. The van der Waals surface area contributed by atoms with Gasteiger partial charge in [0.2, 0.25) is 0 Å². The van der Waals surface area contributed by atoms with E-state index in [9.17, 15) is 0 Å². The molecule has 0 radical (unpaired) electrons. The van der Waals surface area contributed by atoms with Crippen molar-refractivity contribution in [2.24, 2.45) is 0 Å². The molecule has 0 unspecified atom stereocenters. The van der Waals surface area contributed by atoms with E-state index in [4.69, 9.17) is 15.0 Å². The number of hydrogen-bond donors (Lipinski definition) is 0. The summed E-state index contributed by atoms with van der Waals surface area (Å²) in [6.07, 6.45) is 3.70. The molecule has 0 atom stereocenters. The van der Waals surface area contributed by atoms with Crippen molar-refractivity contribution in [1.82, 2.24) is 19.9 Å². The molecular weight excluding hydrogens is 681 g/mol. The highest BCUT2D eigenvalue weighted by molar-refractivity contribution is 6.16. The number of pyridine rings is 4. The SMILES string of the molecule is c1ccc(-c2cc(-c3ccccc3)cc(-c3c4ccccc4nc4c3ccc3ccc(-c5ccc(-c6ccnc7c6ccc6cccnc67)cc5)nc34)c2)cc1. The third-order valence-corrected chi connectivity index (χ3v) is 10.9. The van der Waals surface area contributed by atoms with Gasteiger partial charge < -0.3 is 0 Å². The highest BCUT2D eigenvalue weighted by Crippen LogP contribution is 2.41. The first-order valence-corrected chi connectivity index (χ1v) is 18.9. The van der Waals surface area contributed by atoms with Crippen LogP contribution in [0.4, 0.5) is 0 Å². The minimum Gasteiger partial charge on any atom is -0.254 e. The van der Waals surface area contributed by atoms with Crippen molar-refractivity contribution >= 4 is 54.5 Å². The van der Waals surface area contributed by atoms with Crippen LogP contribution in [0.5, 0.6) is 0 Å². The topological polar surface area (TPSA) is 51.6 Å². The Morgan fingerprint density at radius 3 is 1.70 bits per heavy atom. The van der Waals surface area contributed by atoms with Gasteiger partial charge in [-0.3, -0.25) is 9.97 Å². The van der Waals surface area contributed by atoms with Crippen LogP contribution in [0, 0.1) is 0 Å². The zero-order valence-electron chi connectivity index (χ0n) is 30.3. The highest BCUT2D eigenvalue weighted by atomic mass is 14.8. The van der Waals surface area contributed by atoms with E-state index in [1.165, 1.54) is 22.3 Å². The minimum absolute atomic E-state index is 0.887. The number of benzene rings is 7. The molecule has 0 fully saturated rings. The molecule has 4 aromatic heterocycles. The van der Waals surface area contributed by atoms with E-state index in [0.29, 0.717) is 0 Å². The van der Waals surface area contributed by atoms with Gasteiger partial charge in [0.1, 0.15) is 0 Å². The summed E-state index contributed by atoms with van der Waals surface area (Å²) >= 11 is 0. The van der Waals surface area contributed by atoms with Gasteiger partial charge in [-0.05, 0) is 81.4 Å². The van der Waals surface area contributed by atoms with Crippen LogP contribution in [-0.4, -0.2) is 19.9 Å². The lowest BCUT2D eigenvalue weighted by molar-refractivity contribution is 1.37. The van der Waals surface area contributed by atoms with Crippen LogP contribution >= 0.6 is 0 Å². The van der Waals surface area contributed by atoms with Crippen LogP contribution in [0.3, 0.4) is 0 Å². The predicted molar refractivity (Wildman–Crippen MR) is 232 cm³/mol. The van der Waals surface area contributed by atoms with E-state index in [1.807, 2.05) is 18.5 Å². The Bertz CT molecular complexity index is 3230. The molecule has 0 N–H and O–H groups in total. The summed E-state index contributed by atoms with van der Waals surface area (Å²) in [6.45, 7) is 0. The van der Waals surface area contributed by atoms with Crippen LogP contribution in [0.1, 0.15) is 0 Å². The fourth-order valence-electron chi connectivity index (χ4n) is 8.20. The predicted octanol–water partition coefficient (Wildman–Crippen LogP) is 13.4. The summed E-state index contributed by atoms with van der Waals surface area (Å²) in [5, 5.41) is 5.41. The van der Waals surface area contributed by atoms with Gasteiger partial charge in [0.05, 0.1) is 33.3 Å². The molecule has 0 spiro atoms. The maximum atomic E-state index is 5.35. The quantitative estimate of drug-likeness (QED) is 0.132. The van der Waals surface area contributed by atoms with E-state index in [0.717, 1.165) is 88.0 Å². The average Bonchev–Trinajstić information content (AvgIpc) is 3.28. The lowest BCUT2D eigenvalue weighted by Gasteiger charge is -2.16. The first kappa shape index (κ1) is 31.9. The van der Waals surface area contributed by atoms with Gasteiger partial charge in [-0.1, -0.05) is 140 Å². The average molecular weight is 713 g/mol. The Morgan fingerprint density at radius 1 is 0.304 bits per heavy atom. The molecule has 11 aromatic rings. The molecule has 260 valence electrons. The standard InChI is InChI=1S/C52H32N4/c1-3-10-33(11-4-1)39-30-40(34-12-5-2-6-13-34)32-41(31-39)48-44-15-7-8-16-47(44)56-52-45(48)25-22-38-23-26-46(55-50(38)52)36-19-17-35(18-20-36)42-27-29-54-51-43(42)24-21-37-14-9-28-53-49(37)51/h1-32H. The molecule has 4 heterocycles. The fraction of sp³-hybridized carbons (Fsp3) is 0. The zero-order chi connectivity index (χ0) is 37.0. The van der Waals surface area contributed by atoms with Crippen LogP contribution in [0.15, 0.2) is 194 Å². The lowest BCUT2D eigenvalue weighted by Crippen LogP contribution is -1.94. The summed E-state index contributed by atoms with van der Waals surface area (Å²) in [7, 11) is 0. The summed E-state index contributed by atoms with van der Waals surface area (Å²) in [4.78, 5) is 20.0. The van der Waals surface area contributed by atoms with Crippen molar-refractivity contribution in [3.63, 3.8) is 0 Å². The monoisotopic (exact) mass is 712 g/mol. The second kappa shape index (κ2) is 13.1. The fourth-order valence-corrected chi connectivity index (χ4v) is 8.20. The Balaban J connectivity index is 1.07. The number of fused-ring (bicyclic) bond motifs is 7. The summed E-state index contributed by atoms with van der Waals surface area (Å²) in [6, 6.07) is 64.4. The third kappa shape index (κ3) is 5.39. The van der Waals surface area contributed by atoms with Crippen molar-refractivity contribution in [1.29, 1.82) is 0 Å². The van der Waals surface area contributed by atoms with Crippen molar-refractivity contribution < 1.29 is 0 Å².